The van der Waals surface area contributed by atoms with Crippen molar-refractivity contribution in [2.45, 2.75) is 18.9 Å². The lowest BCUT2D eigenvalue weighted by Crippen LogP contribution is -2.44. The van der Waals surface area contributed by atoms with Gasteiger partial charge in [0.05, 0.1) is 24.5 Å². The molecule has 8 heteroatoms. The van der Waals surface area contributed by atoms with Gasteiger partial charge in [-0.3, -0.25) is 19.4 Å². The van der Waals surface area contributed by atoms with Crippen molar-refractivity contribution in [2.24, 2.45) is 23.7 Å². The summed E-state index contributed by atoms with van der Waals surface area (Å²) in [6, 6.07) is 1.81. The van der Waals surface area contributed by atoms with E-state index in [0.29, 0.717) is 6.54 Å². The largest absolute Gasteiger partial charge is 0.390 e. The summed E-state index contributed by atoms with van der Waals surface area (Å²) in [5, 5.41) is 10.6. The maximum absolute atomic E-state index is 12.8. The fraction of sp³-hybridized carbons (Fsp3) is 0.619. The van der Waals surface area contributed by atoms with Gasteiger partial charge in [-0.25, -0.2) is 9.97 Å². The second-order valence-corrected chi connectivity index (χ2v) is 8.63. The van der Waals surface area contributed by atoms with Crippen LogP contribution in [0.15, 0.2) is 30.6 Å². The monoisotopic (exact) mass is 397 g/mol. The lowest BCUT2D eigenvalue weighted by Gasteiger charge is -2.26. The summed E-state index contributed by atoms with van der Waals surface area (Å²) in [6.45, 7) is 3.88. The first-order chi connectivity index (χ1) is 14.1. The topological polar surface area (TPSA) is 89.9 Å². The van der Waals surface area contributed by atoms with Crippen LogP contribution in [-0.2, 0) is 9.59 Å². The fourth-order valence-corrected chi connectivity index (χ4v) is 5.52. The number of aromatic nitrogens is 2. The summed E-state index contributed by atoms with van der Waals surface area (Å²) in [6.07, 6.45) is 8.83. The molecule has 2 aliphatic carbocycles. The molecule has 0 spiro atoms. The number of nitrogens with zero attached hydrogens (tertiary/aromatic N) is 5. The van der Waals surface area contributed by atoms with E-state index in [1.54, 1.807) is 18.5 Å². The van der Waals surface area contributed by atoms with Crippen LogP contribution < -0.4 is 4.90 Å². The maximum atomic E-state index is 12.8. The number of hydrogen-bond acceptors (Lipinski definition) is 7. The highest BCUT2D eigenvalue weighted by Crippen LogP contribution is 2.52. The number of hydrogen-bond donors (Lipinski definition) is 1. The molecular weight excluding hydrogens is 370 g/mol. The molecule has 5 atom stereocenters. The first-order valence-electron chi connectivity index (χ1n) is 10.6. The lowest BCUT2D eigenvalue weighted by molar-refractivity contribution is -0.142. The lowest BCUT2D eigenvalue weighted by atomic mass is 9.85. The van der Waals surface area contributed by atoms with Crippen LogP contribution >= 0.6 is 0 Å². The molecule has 1 N–H and O–H groups in total. The third kappa shape index (κ3) is 3.34. The predicted octanol–water partition coefficient (Wildman–Crippen LogP) is 0.157. The van der Waals surface area contributed by atoms with Crippen molar-refractivity contribution in [3.8, 4) is 0 Å². The Morgan fingerprint density at radius 1 is 0.966 bits per heavy atom. The van der Waals surface area contributed by atoms with Crippen LogP contribution in [0, 0.1) is 23.7 Å². The van der Waals surface area contributed by atoms with E-state index in [1.165, 1.54) is 4.90 Å². The van der Waals surface area contributed by atoms with E-state index >= 15 is 0 Å². The summed E-state index contributed by atoms with van der Waals surface area (Å²) in [5.41, 5.74) is 0. The van der Waals surface area contributed by atoms with Crippen molar-refractivity contribution < 1.29 is 14.7 Å². The first-order valence-corrected chi connectivity index (χ1v) is 10.6. The molecule has 2 amide bonds. The number of aliphatic hydroxyl groups excluding tert-OH is 1. The maximum Gasteiger partial charge on any atom is 0.233 e. The molecule has 3 fully saturated rings. The number of aliphatic hydroxyl groups is 1. The van der Waals surface area contributed by atoms with Crippen molar-refractivity contribution in [1.82, 2.24) is 19.8 Å². The predicted molar refractivity (Wildman–Crippen MR) is 106 cm³/mol. The number of allylic oxidation sites excluding steroid dienone is 2. The molecule has 8 nitrogen and oxygen atoms in total. The number of anilines is 1. The van der Waals surface area contributed by atoms with E-state index in [2.05, 4.69) is 31.9 Å². The molecular formula is C21H27N5O3. The Bertz CT molecular complexity index is 786. The van der Waals surface area contributed by atoms with Crippen molar-refractivity contribution in [3.63, 3.8) is 0 Å². The van der Waals surface area contributed by atoms with E-state index in [9.17, 15) is 14.7 Å². The number of amides is 2. The van der Waals surface area contributed by atoms with Crippen LogP contribution in [0.3, 0.4) is 0 Å². The van der Waals surface area contributed by atoms with Crippen LogP contribution in [0.1, 0.15) is 12.8 Å². The average Bonchev–Trinajstić information content (AvgIpc) is 3.35. The highest BCUT2D eigenvalue weighted by molar-refractivity contribution is 6.06. The minimum Gasteiger partial charge on any atom is -0.390 e. The normalized spacial score (nSPS) is 32.7. The van der Waals surface area contributed by atoms with E-state index in [-0.39, 0.29) is 42.0 Å². The minimum atomic E-state index is -0.730. The summed E-state index contributed by atoms with van der Waals surface area (Å²) >= 11 is 0. The number of fused-ring (bicyclic) bond motifs is 5. The second-order valence-electron chi connectivity index (χ2n) is 8.63. The Hall–Kier alpha value is -2.32. The molecule has 2 aliphatic heterocycles. The highest BCUT2D eigenvalue weighted by atomic mass is 16.3. The van der Waals surface area contributed by atoms with Crippen LogP contribution in [-0.4, -0.2) is 82.1 Å². The zero-order chi connectivity index (χ0) is 20.0. The summed E-state index contributed by atoms with van der Waals surface area (Å²) in [4.78, 5) is 39.9. The molecule has 2 bridgehead atoms. The van der Waals surface area contributed by atoms with Gasteiger partial charge in [0.15, 0.2) is 0 Å². The smallest absolute Gasteiger partial charge is 0.233 e. The number of imide groups is 1. The molecule has 4 aliphatic rings. The van der Waals surface area contributed by atoms with Gasteiger partial charge in [0.1, 0.15) is 0 Å². The zero-order valence-electron chi connectivity index (χ0n) is 16.4. The molecule has 5 rings (SSSR count). The van der Waals surface area contributed by atoms with Crippen LogP contribution in [0.4, 0.5) is 5.95 Å². The van der Waals surface area contributed by atoms with E-state index in [0.717, 1.165) is 45.0 Å². The van der Waals surface area contributed by atoms with E-state index < -0.39 is 6.10 Å². The van der Waals surface area contributed by atoms with Crippen molar-refractivity contribution in [2.75, 3.05) is 44.2 Å². The Morgan fingerprint density at radius 3 is 2.34 bits per heavy atom. The molecule has 1 aromatic rings. The number of carbonyl (C=O) groups is 2. The number of carbonyl (C=O) groups excluding carboxylic acids is 2. The Kier molecular flexibility index (Phi) is 4.83. The van der Waals surface area contributed by atoms with Gasteiger partial charge in [-0.15, -0.1) is 0 Å². The third-order valence-corrected chi connectivity index (χ3v) is 6.85. The van der Waals surface area contributed by atoms with Crippen LogP contribution in [0.25, 0.3) is 0 Å². The van der Waals surface area contributed by atoms with Gasteiger partial charge in [0, 0.05) is 38.6 Å². The van der Waals surface area contributed by atoms with E-state index in [4.69, 9.17) is 0 Å². The van der Waals surface area contributed by atoms with Gasteiger partial charge in [0.2, 0.25) is 17.8 Å². The Labute approximate surface area is 170 Å². The zero-order valence-corrected chi connectivity index (χ0v) is 16.4. The SMILES string of the molecule is O=C1C2C3C=C[C@@H](C3)[C@@H]2C(=O)N1CC(O)CN1CCCN(c2ncccn2)CC1. The first kappa shape index (κ1) is 18.7. The van der Waals surface area contributed by atoms with Gasteiger partial charge < -0.3 is 10.0 Å². The quantitative estimate of drug-likeness (QED) is 0.559. The van der Waals surface area contributed by atoms with Gasteiger partial charge in [0.25, 0.3) is 0 Å². The minimum absolute atomic E-state index is 0.0841. The van der Waals surface area contributed by atoms with Gasteiger partial charge >= 0.3 is 0 Å². The van der Waals surface area contributed by atoms with Crippen molar-refractivity contribution in [3.05, 3.63) is 30.6 Å². The van der Waals surface area contributed by atoms with Gasteiger partial charge in [-0.05, 0) is 37.3 Å². The van der Waals surface area contributed by atoms with Crippen molar-refractivity contribution in [1.29, 1.82) is 0 Å². The molecule has 0 radical (unpaired) electrons. The molecule has 3 unspecified atom stereocenters. The standard InChI is InChI=1S/C21H27N5O3/c27-16(12-24-7-2-8-25(10-9-24)21-22-5-1-6-23-21)13-26-19(28)17-14-3-4-15(11-14)18(17)20(26)29/h1,3-6,14-18,27H,2,7-13H2/t14-,15?,16?,17-,18?/m0/s1. The summed E-state index contributed by atoms with van der Waals surface area (Å²) < 4.78 is 0. The summed E-state index contributed by atoms with van der Waals surface area (Å²) in [5.74, 6) is 0.599. The number of likely N-dealkylation sites (tertiary alicyclic amines) is 1. The Morgan fingerprint density at radius 2 is 1.66 bits per heavy atom. The molecule has 1 saturated carbocycles. The fourth-order valence-electron chi connectivity index (χ4n) is 5.52. The van der Waals surface area contributed by atoms with Gasteiger partial charge in [-0.2, -0.15) is 0 Å². The van der Waals surface area contributed by atoms with Crippen molar-refractivity contribution >= 4 is 17.8 Å². The molecule has 154 valence electrons. The van der Waals surface area contributed by atoms with Crippen LogP contribution in [0.2, 0.25) is 0 Å². The Balaban J connectivity index is 1.16. The number of rotatable bonds is 5. The van der Waals surface area contributed by atoms with Gasteiger partial charge in [-0.1, -0.05) is 12.2 Å². The molecule has 2 saturated heterocycles. The number of β-amino-alcohol motifs (C(OH)–C–C–N with tert-alkyl or cyclic N) is 1. The second kappa shape index (κ2) is 7.50. The molecule has 0 aromatic carbocycles. The summed E-state index contributed by atoms with van der Waals surface area (Å²) in [7, 11) is 0. The van der Waals surface area contributed by atoms with Crippen LogP contribution in [0.5, 0.6) is 0 Å². The molecule has 1 aromatic heterocycles. The highest BCUT2D eigenvalue weighted by Gasteiger charge is 2.59. The molecule has 29 heavy (non-hydrogen) atoms. The van der Waals surface area contributed by atoms with E-state index in [1.807, 2.05) is 0 Å². The average molecular weight is 397 g/mol. The molecule has 3 heterocycles. The third-order valence-electron chi connectivity index (χ3n) is 6.85.